The van der Waals surface area contributed by atoms with Crippen LogP contribution >= 0.6 is 0 Å². The van der Waals surface area contributed by atoms with E-state index in [1.54, 1.807) is 0 Å². The second-order valence-electron chi connectivity index (χ2n) is 8.02. The Kier molecular flexibility index (Phi) is 3.11. The third-order valence-corrected chi connectivity index (χ3v) is 7.44. The summed E-state index contributed by atoms with van der Waals surface area (Å²) in [4.78, 5) is 13.1. The Balaban J connectivity index is 2.08. The fourth-order valence-electron chi connectivity index (χ4n) is 6.41. The number of nitrogens with one attached hydrogen (secondary N) is 1. The van der Waals surface area contributed by atoms with Gasteiger partial charge in [0.15, 0.2) is 5.41 Å². The maximum absolute atomic E-state index is 13.1. The largest absolute Gasteiger partial charge is 0.470 e. The fourth-order valence-corrected chi connectivity index (χ4v) is 6.41. The molecule has 6 nitrogen and oxygen atoms in total. The Hall–Kier alpha value is -2.39. The Bertz CT molecular complexity index is 786. The molecule has 128 valence electrons. The fraction of sp³-hybridized carbons (Fsp3) is 0.737. The van der Waals surface area contributed by atoms with Crippen LogP contribution in [0.25, 0.3) is 0 Å². The van der Waals surface area contributed by atoms with Gasteiger partial charge in [-0.3, -0.25) is 10.2 Å². The predicted molar refractivity (Wildman–Crippen MR) is 85.7 cm³/mol. The van der Waals surface area contributed by atoms with Gasteiger partial charge >= 0.3 is 0 Å². The molecular weight excluding hydrogens is 316 g/mol. The summed E-state index contributed by atoms with van der Waals surface area (Å²) in [6.45, 7) is 0. The molecule has 1 N–H and O–H groups in total. The van der Waals surface area contributed by atoms with Crippen LogP contribution in [0.4, 0.5) is 0 Å². The van der Waals surface area contributed by atoms with E-state index in [1.165, 1.54) is 0 Å². The zero-order valence-electron chi connectivity index (χ0n) is 14.1. The number of hydrogen-bond acceptors (Lipinski definition) is 6. The van der Waals surface area contributed by atoms with Crippen LogP contribution in [0.3, 0.4) is 0 Å². The average molecular weight is 336 g/mol. The summed E-state index contributed by atoms with van der Waals surface area (Å²) in [6, 6.07) is 6.42. The normalized spacial score (nSPS) is 44.1. The zero-order chi connectivity index (χ0) is 17.9. The minimum atomic E-state index is -1.79. The van der Waals surface area contributed by atoms with Crippen molar-refractivity contribution < 1.29 is 9.53 Å². The van der Waals surface area contributed by atoms with Crippen LogP contribution < -0.4 is 0 Å². The maximum Gasteiger partial charge on any atom is 0.211 e. The molecule has 25 heavy (non-hydrogen) atoms. The third kappa shape index (κ3) is 1.38. The molecule has 0 aromatic carbocycles. The van der Waals surface area contributed by atoms with Crippen LogP contribution in [0.15, 0.2) is 0 Å². The van der Waals surface area contributed by atoms with E-state index in [1.807, 2.05) is 0 Å². The zero-order valence-corrected chi connectivity index (χ0v) is 14.1. The first kappa shape index (κ1) is 16.1. The highest BCUT2D eigenvalue weighted by Crippen LogP contribution is 2.75. The van der Waals surface area contributed by atoms with Crippen LogP contribution in [-0.4, -0.2) is 17.3 Å². The number of hydrogen-bond donors (Lipinski definition) is 1. The van der Waals surface area contributed by atoms with Gasteiger partial charge in [-0.05, 0) is 38.5 Å². The smallest absolute Gasteiger partial charge is 0.211 e. The molecule has 2 spiro atoms. The van der Waals surface area contributed by atoms with Gasteiger partial charge in [0.05, 0.1) is 23.6 Å². The van der Waals surface area contributed by atoms with E-state index in [2.05, 4.69) is 18.2 Å². The molecule has 0 unspecified atom stereocenters. The monoisotopic (exact) mass is 336 g/mol. The molecule has 2 bridgehead atoms. The molecule has 4 rings (SSSR count). The van der Waals surface area contributed by atoms with E-state index >= 15 is 0 Å². The molecule has 3 saturated carbocycles. The van der Waals surface area contributed by atoms with Gasteiger partial charge in [0, 0.05) is 12.3 Å². The molecule has 4 aliphatic rings. The van der Waals surface area contributed by atoms with Crippen LogP contribution in [-0.2, 0) is 9.53 Å². The van der Waals surface area contributed by atoms with Gasteiger partial charge in [0.2, 0.25) is 11.3 Å². The molecule has 0 radical (unpaired) electrons. The highest BCUT2D eigenvalue weighted by atomic mass is 16.5. The van der Waals surface area contributed by atoms with Gasteiger partial charge in [-0.2, -0.15) is 15.8 Å². The first-order valence-corrected chi connectivity index (χ1v) is 9.05. The second-order valence-corrected chi connectivity index (χ2v) is 8.02. The highest BCUT2D eigenvalue weighted by molar-refractivity contribution is 6.00. The van der Waals surface area contributed by atoms with Gasteiger partial charge < -0.3 is 4.74 Å². The van der Waals surface area contributed by atoms with Crippen LogP contribution in [0, 0.1) is 61.6 Å². The topological polar surface area (TPSA) is 122 Å². The lowest BCUT2D eigenvalue weighted by atomic mass is 9.37. The van der Waals surface area contributed by atoms with E-state index in [0.717, 1.165) is 32.1 Å². The summed E-state index contributed by atoms with van der Waals surface area (Å²) in [6.07, 6.45) is 5.84. The minimum Gasteiger partial charge on any atom is -0.470 e. The van der Waals surface area contributed by atoms with Crippen LogP contribution in [0.2, 0.25) is 0 Å². The Labute approximate surface area is 146 Å². The maximum atomic E-state index is 13.1. The molecule has 4 fully saturated rings. The van der Waals surface area contributed by atoms with E-state index in [4.69, 9.17) is 10.1 Å². The summed E-state index contributed by atoms with van der Waals surface area (Å²) in [5, 5.41) is 39.1. The van der Waals surface area contributed by atoms with Gasteiger partial charge in [-0.1, -0.05) is 12.8 Å². The molecule has 0 aromatic rings. The first-order chi connectivity index (χ1) is 12.0. The molecular formula is C19H20N4O2. The SMILES string of the molecule is N#CC1(C#N)[C@]2(C#N)C(=N)O[C@@]13CCCC[C@@H]3C[C@]21CCCCC1=O. The molecule has 4 atom stereocenters. The second kappa shape index (κ2) is 4.83. The first-order valence-electron chi connectivity index (χ1n) is 9.05. The molecule has 0 aromatic heterocycles. The van der Waals surface area contributed by atoms with Crippen molar-refractivity contribution in [3.05, 3.63) is 0 Å². The number of carbonyl (C=O) groups is 1. The Morgan fingerprint density at radius 1 is 1.04 bits per heavy atom. The molecule has 1 saturated heterocycles. The molecule has 3 aliphatic carbocycles. The molecule has 1 heterocycles. The quantitative estimate of drug-likeness (QED) is 0.728. The van der Waals surface area contributed by atoms with Gasteiger partial charge in [-0.25, -0.2) is 0 Å². The predicted octanol–water partition coefficient (Wildman–Crippen LogP) is 3.00. The van der Waals surface area contributed by atoms with E-state index < -0.39 is 21.8 Å². The summed E-state index contributed by atoms with van der Waals surface area (Å²) >= 11 is 0. The van der Waals surface area contributed by atoms with Gasteiger partial charge in [0.1, 0.15) is 11.4 Å². The standard InChI is InChI=1S/C19H20N4O2/c20-10-17(11-21)18(12-22)15(23)25-19(17)8-4-1-5-13(19)9-16(18)7-3-2-6-14(16)24/h13,23H,1-9H2/t13-,16+,18-,19-/m1/s1. The highest BCUT2D eigenvalue weighted by Gasteiger charge is 2.87. The molecule has 6 heteroatoms. The summed E-state index contributed by atoms with van der Waals surface area (Å²) in [7, 11) is 0. The van der Waals surface area contributed by atoms with Crippen molar-refractivity contribution in [2.75, 3.05) is 0 Å². The summed E-state index contributed by atoms with van der Waals surface area (Å²) in [5.74, 6) is -0.519. The van der Waals surface area contributed by atoms with Crippen molar-refractivity contribution in [3.63, 3.8) is 0 Å². The van der Waals surface area contributed by atoms with Crippen molar-refractivity contribution in [3.8, 4) is 18.2 Å². The number of rotatable bonds is 0. The number of nitriles is 3. The average Bonchev–Trinajstić information content (AvgIpc) is 2.78. The number of Topliss-reactive ketones (excluding diaryl/α,β-unsaturated/α-hetero) is 1. The number of ketones is 1. The molecule has 1 aliphatic heterocycles. The number of nitrogens with zero attached hydrogens (tertiary/aromatic N) is 3. The Morgan fingerprint density at radius 2 is 1.76 bits per heavy atom. The molecule has 0 amide bonds. The summed E-state index contributed by atoms with van der Waals surface area (Å²) in [5.41, 5.74) is -5.83. The number of fused-ring (bicyclic) bond motifs is 2. The minimum absolute atomic E-state index is 0.0652. The van der Waals surface area contributed by atoms with E-state index in [-0.39, 0.29) is 17.6 Å². The Morgan fingerprint density at radius 3 is 2.40 bits per heavy atom. The van der Waals surface area contributed by atoms with Crippen LogP contribution in [0.1, 0.15) is 57.8 Å². The van der Waals surface area contributed by atoms with Crippen molar-refractivity contribution >= 4 is 11.7 Å². The van der Waals surface area contributed by atoms with E-state index in [0.29, 0.717) is 25.7 Å². The van der Waals surface area contributed by atoms with Crippen molar-refractivity contribution in [2.45, 2.75) is 63.4 Å². The van der Waals surface area contributed by atoms with Crippen LogP contribution in [0.5, 0.6) is 0 Å². The number of ether oxygens (including phenoxy) is 1. The van der Waals surface area contributed by atoms with Crippen molar-refractivity contribution in [2.24, 2.45) is 22.2 Å². The lowest BCUT2D eigenvalue weighted by Gasteiger charge is -2.58. The van der Waals surface area contributed by atoms with Gasteiger partial charge in [-0.15, -0.1) is 0 Å². The third-order valence-electron chi connectivity index (χ3n) is 7.44. The number of carbonyl (C=O) groups excluding carboxylic acids is 1. The van der Waals surface area contributed by atoms with E-state index in [9.17, 15) is 20.6 Å². The summed E-state index contributed by atoms with van der Waals surface area (Å²) < 4.78 is 6.01. The lowest BCUT2D eigenvalue weighted by molar-refractivity contribution is -0.163. The van der Waals surface area contributed by atoms with Crippen molar-refractivity contribution in [1.82, 2.24) is 0 Å². The van der Waals surface area contributed by atoms with Crippen molar-refractivity contribution in [1.29, 1.82) is 21.2 Å². The lowest BCUT2D eigenvalue weighted by Crippen LogP contribution is -2.68. The van der Waals surface area contributed by atoms with Gasteiger partial charge in [0.25, 0.3) is 0 Å².